The molecule has 26 heavy (non-hydrogen) atoms. The third-order valence-corrected chi connectivity index (χ3v) is 5.79. The molecule has 1 heterocycles. The molecule has 0 aromatic heterocycles. The zero-order chi connectivity index (χ0) is 18.8. The van der Waals surface area contributed by atoms with Gasteiger partial charge in [0.25, 0.3) is 0 Å². The molecule has 2 aliphatic rings. The number of hydrogen-bond acceptors (Lipinski definition) is 4. The summed E-state index contributed by atoms with van der Waals surface area (Å²) in [5.74, 6) is -0.222. The van der Waals surface area contributed by atoms with Crippen molar-refractivity contribution in [1.82, 2.24) is 5.32 Å². The fourth-order valence-corrected chi connectivity index (χ4v) is 4.37. The van der Waals surface area contributed by atoms with Crippen LogP contribution in [0.3, 0.4) is 0 Å². The molecule has 0 radical (unpaired) electrons. The predicted octanol–water partition coefficient (Wildman–Crippen LogP) is 5.38. The van der Waals surface area contributed by atoms with Gasteiger partial charge >= 0.3 is 0 Å². The Kier molecular flexibility index (Phi) is 5.25. The number of phenols is 1. The van der Waals surface area contributed by atoms with Crippen LogP contribution in [0.4, 0.5) is 0 Å². The molecule has 0 unspecified atom stereocenters. The van der Waals surface area contributed by atoms with Crippen LogP contribution in [0.15, 0.2) is 34.7 Å². The highest BCUT2D eigenvalue weighted by Gasteiger charge is 2.32. The van der Waals surface area contributed by atoms with Gasteiger partial charge in [-0.3, -0.25) is 0 Å². The summed E-state index contributed by atoms with van der Waals surface area (Å²) in [5.41, 5.74) is 3.93. The van der Waals surface area contributed by atoms with E-state index in [1.807, 2.05) is 26.0 Å². The first-order chi connectivity index (χ1) is 12.5. The highest BCUT2D eigenvalue weighted by Crippen LogP contribution is 2.45. The van der Waals surface area contributed by atoms with Gasteiger partial charge in [-0.2, -0.15) is 10.5 Å². The van der Waals surface area contributed by atoms with Gasteiger partial charge < -0.3 is 10.4 Å². The molecular formula is C21H22ClN3O. The van der Waals surface area contributed by atoms with Crippen LogP contribution in [0, 0.1) is 22.7 Å². The molecule has 3 rings (SSSR count). The minimum atomic E-state index is -0.590. The number of nitriles is 2. The van der Waals surface area contributed by atoms with Gasteiger partial charge in [0.1, 0.15) is 5.75 Å². The third kappa shape index (κ3) is 3.18. The third-order valence-electron chi connectivity index (χ3n) is 5.50. The van der Waals surface area contributed by atoms with E-state index in [0.717, 1.165) is 18.4 Å². The van der Waals surface area contributed by atoms with E-state index in [4.69, 9.17) is 11.6 Å². The SMILES string of the molecule is CC1=C(C#N)C(c2cc(C3CCCCC3)cc(Cl)c2O)C(C#N)=C(C)N1. The number of dihydropyridines is 1. The number of halogens is 1. The molecule has 0 spiro atoms. The largest absolute Gasteiger partial charge is 0.506 e. The minimum Gasteiger partial charge on any atom is -0.506 e. The van der Waals surface area contributed by atoms with Crippen molar-refractivity contribution in [3.05, 3.63) is 50.8 Å². The standard InChI is InChI=1S/C21H22ClN3O/c1-12-17(10-23)20(18(11-24)13(2)25-12)16-8-15(9-19(22)21(16)26)14-6-4-3-5-7-14/h8-9,14,20,25-26H,3-7H2,1-2H3. The molecular weight excluding hydrogens is 346 g/mol. The van der Waals surface area contributed by atoms with Crippen molar-refractivity contribution < 1.29 is 5.11 Å². The highest BCUT2D eigenvalue weighted by atomic mass is 35.5. The van der Waals surface area contributed by atoms with E-state index in [2.05, 4.69) is 17.5 Å². The topological polar surface area (TPSA) is 79.8 Å². The molecule has 2 N–H and O–H groups in total. The summed E-state index contributed by atoms with van der Waals surface area (Å²) >= 11 is 6.35. The predicted molar refractivity (Wildman–Crippen MR) is 101 cm³/mol. The Morgan fingerprint density at radius 2 is 1.62 bits per heavy atom. The average Bonchev–Trinajstić information content (AvgIpc) is 2.64. The Hall–Kier alpha value is -2.43. The van der Waals surface area contributed by atoms with Crippen molar-refractivity contribution in [2.75, 3.05) is 0 Å². The number of nitrogens with zero attached hydrogens (tertiary/aromatic N) is 2. The molecule has 0 amide bonds. The first-order valence-corrected chi connectivity index (χ1v) is 9.36. The average molecular weight is 368 g/mol. The van der Waals surface area contributed by atoms with Crippen LogP contribution in [-0.2, 0) is 0 Å². The lowest BCUT2D eigenvalue weighted by molar-refractivity contribution is 0.440. The number of nitrogens with one attached hydrogen (secondary N) is 1. The zero-order valence-corrected chi connectivity index (χ0v) is 15.8. The molecule has 4 nitrogen and oxygen atoms in total. The summed E-state index contributed by atoms with van der Waals surface area (Å²) in [6.45, 7) is 3.62. The molecule has 1 aromatic carbocycles. The maximum Gasteiger partial charge on any atom is 0.138 e. The molecule has 0 bridgehead atoms. The number of aromatic hydroxyl groups is 1. The van der Waals surface area contributed by atoms with Gasteiger partial charge in [0.15, 0.2) is 0 Å². The maximum atomic E-state index is 10.7. The molecule has 1 saturated carbocycles. The number of allylic oxidation sites excluding steroid dienone is 4. The highest BCUT2D eigenvalue weighted by molar-refractivity contribution is 6.32. The van der Waals surface area contributed by atoms with Crippen molar-refractivity contribution in [3.63, 3.8) is 0 Å². The van der Waals surface area contributed by atoms with E-state index in [0.29, 0.717) is 34.0 Å². The lowest BCUT2D eigenvalue weighted by Crippen LogP contribution is -2.23. The molecule has 0 saturated heterocycles. The number of rotatable bonds is 2. The second-order valence-corrected chi connectivity index (χ2v) is 7.54. The van der Waals surface area contributed by atoms with Gasteiger partial charge in [-0.25, -0.2) is 0 Å². The van der Waals surface area contributed by atoms with Crippen LogP contribution in [0.25, 0.3) is 0 Å². The molecule has 1 fully saturated rings. The molecule has 1 aliphatic heterocycles. The molecule has 1 aromatic rings. The van der Waals surface area contributed by atoms with Crippen LogP contribution >= 0.6 is 11.6 Å². The monoisotopic (exact) mass is 367 g/mol. The normalized spacial score (nSPS) is 19.1. The van der Waals surface area contributed by atoms with Gasteiger partial charge in [-0.05, 0) is 44.2 Å². The van der Waals surface area contributed by atoms with Crippen molar-refractivity contribution in [2.24, 2.45) is 0 Å². The first-order valence-electron chi connectivity index (χ1n) is 8.99. The quantitative estimate of drug-likeness (QED) is 0.735. The van der Waals surface area contributed by atoms with Gasteiger partial charge in [-0.15, -0.1) is 0 Å². The van der Waals surface area contributed by atoms with E-state index in [1.54, 1.807) is 0 Å². The van der Waals surface area contributed by atoms with E-state index in [-0.39, 0.29) is 10.8 Å². The Labute approximate surface area is 159 Å². The van der Waals surface area contributed by atoms with Crippen molar-refractivity contribution >= 4 is 11.6 Å². The molecule has 0 atom stereocenters. The molecule has 1 aliphatic carbocycles. The summed E-state index contributed by atoms with van der Waals surface area (Å²) in [6.07, 6.45) is 5.84. The summed E-state index contributed by atoms with van der Waals surface area (Å²) in [7, 11) is 0. The Bertz CT molecular complexity index is 844. The van der Waals surface area contributed by atoms with E-state index >= 15 is 0 Å². The summed E-state index contributed by atoms with van der Waals surface area (Å²) < 4.78 is 0. The van der Waals surface area contributed by atoms with Crippen LogP contribution < -0.4 is 5.32 Å². The lowest BCUT2D eigenvalue weighted by Gasteiger charge is -2.28. The first kappa shape index (κ1) is 18.4. The molecule has 5 heteroatoms. The Morgan fingerprint density at radius 1 is 1.04 bits per heavy atom. The fraction of sp³-hybridized carbons (Fsp3) is 0.429. The smallest absolute Gasteiger partial charge is 0.138 e. The van der Waals surface area contributed by atoms with Crippen molar-refractivity contribution in [2.45, 2.75) is 57.8 Å². The molecule has 134 valence electrons. The number of benzene rings is 1. The van der Waals surface area contributed by atoms with E-state index < -0.39 is 5.92 Å². The van der Waals surface area contributed by atoms with Crippen LogP contribution in [0.1, 0.15) is 68.9 Å². The van der Waals surface area contributed by atoms with Gasteiger partial charge in [0.2, 0.25) is 0 Å². The lowest BCUT2D eigenvalue weighted by atomic mass is 9.78. The zero-order valence-electron chi connectivity index (χ0n) is 15.1. The Balaban J connectivity index is 2.17. The minimum absolute atomic E-state index is 0.0424. The van der Waals surface area contributed by atoms with Crippen molar-refractivity contribution in [3.8, 4) is 17.9 Å². The second kappa shape index (κ2) is 7.44. The van der Waals surface area contributed by atoms with Crippen LogP contribution in [0.2, 0.25) is 5.02 Å². The summed E-state index contributed by atoms with van der Waals surface area (Å²) in [6, 6.07) is 8.20. The van der Waals surface area contributed by atoms with E-state index in [1.165, 1.54) is 19.3 Å². The number of phenolic OH excluding ortho intramolecular Hbond substituents is 1. The van der Waals surface area contributed by atoms with Gasteiger partial charge in [-0.1, -0.05) is 36.9 Å². The fourth-order valence-electron chi connectivity index (χ4n) is 4.13. The second-order valence-electron chi connectivity index (χ2n) is 7.13. The number of hydrogen-bond donors (Lipinski definition) is 2. The maximum absolute atomic E-state index is 10.7. The van der Waals surface area contributed by atoms with Crippen molar-refractivity contribution in [1.29, 1.82) is 10.5 Å². The van der Waals surface area contributed by atoms with Crippen LogP contribution in [0.5, 0.6) is 5.75 Å². The summed E-state index contributed by atoms with van der Waals surface area (Å²) in [4.78, 5) is 0. The van der Waals surface area contributed by atoms with Gasteiger partial charge in [0, 0.05) is 17.0 Å². The Morgan fingerprint density at radius 3 is 2.15 bits per heavy atom. The van der Waals surface area contributed by atoms with Gasteiger partial charge in [0.05, 0.1) is 34.2 Å². The summed E-state index contributed by atoms with van der Waals surface area (Å²) in [5, 5.41) is 33.4. The van der Waals surface area contributed by atoms with Crippen LogP contribution in [-0.4, -0.2) is 5.11 Å². The van der Waals surface area contributed by atoms with E-state index in [9.17, 15) is 15.6 Å².